The monoisotopic (exact) mass is 251 g/mol. The van der Waals surface area contributed by atoms with E-state index in [0.717, 1.165) is 0 Å². The van der Waals surface area contributed by atoms with Crippen LogP contribution in [0.5, 0.6) is 0 Å². The highest BCUT2D eigenvalue weighted by molar-refractivity contribution is 5.09. The predicted molar refractivity (Wildman–Crippen MR) is 77.6 cm³/mol. The molecule has 1 aromatic rings. The number of hydrogen-bond acceptors (Lipinski definition) is 2. The number of nitrogens with zero attached hydrogens (tertiary/aromatic N) is 2. The van der Waals surface area contributed by atoms with Crippen molar-refractivity contribution in [2.45, 2.75) is 64.3 Å². The number of aryl methyl sites for hydroxylation is 1. The lowest BCUT2D eigenvalue weighted by Gasteiger charge is -2.14. The van der Waals surface area contributed by atoms with Gasteiger partial charge in [0.1, 0.15) is 0 Å². The Balaban J connectivity index is 2.13. The van der Waals surface area contributed by atoms with Crippen LogP contribution in [0.1, 0.15) is 69.9 Å². The first-order valence-corrected chi connectivity index (χ1v) is 7.43. The van der Waals surface area contributed by atoms with Gasteiger partial charge in [0.05, 0.1) is 6.20 Å². The summed E-state index contributed by atoms with van der Waals surface area (Å²) in [5, 5.41) is 7.63. The van der Waals surface area contributed by atoms with Crippen molar-refractivity contribution in [3.8, 4) is 0 Å². The summed E-state index contributed by atoms with van der Waals surface area (Å²) < 4.78 is 1.88. The van der Waals surface area contributed by atoms with E-state index in [-0.39, 0.29) is 0 Å². The fourth-order valence-corrected chi connectivity index (χ4v) is 2.40. The minimum Gasteiger partial charge on any atom is -0.313 e. The van der Waals surface area contributed by atoms with Crippen molar-refractivity contribution in [3.63, 3.8) is 0 Å². The van der Waals surface area contributed by atoms with Crippen molar-refractivity contribution < 1.29 is 0 Å². The summed E-state index contributed by atoms with van der Waals surface area (Å²) in [5.41, 5.74) is 1.31. The van der Waals surface area contributed by atoms with E-state index in [0.29, 0.717) is 6.04 Å². The van der Waals surface area contributed by atoms with E-state index in [1.54, 1.807) is 0 Å². The van der Waals surface area contributed by atoms with Crippen LogP contribution in [-0.4, -0.2) is 16.8 Å². The van der Waals surface area contributed by atoms with Crippen LogP contribution < -0.4 is 5.32 Å². The average molecular weight is 251 g/mol. The lowest BCUT2D eigenvalue weighted by atomic mass is 10.0. The van der Waals surface area contributed by atoms with Crippen molar-refractivity contribution in [3.05, 3.63) is 18.0 Å². The third kappa shape index (κ3) is 5.67. The topological polar surface area (TPSA) is 29.9 Å². The largest absolute Gasteiger partial charge is 0.313 e. The van der Waals surface area contributed by atoms with E-state index in [2.05, 4.69) is 23.5 Å². The molecule has 1 atom stereocenters. The average Bonchev–Trinajstić information content (AvgIpc) is 2.79. The molecule has 0 saturated heterocycles. The molecule has 0 spiro atoms. The molecule has 0 amide bonds. The van der Waals surface area contributed by atoms with Gasteiger partial charge in [-0.25, -0.2) is 0 Å². The third-order valence-corrected chi connectivity index (χ3v) is 3.57. The SMILES string of the molecule is CCCCCCCCCC(NC)c1cnn(C)c1. The zero-order valence-corrected chi connectivity index (χ0v) is 12.3. The van der Waals surface area contributed by atoms with Gasteiger partial charge in [-0.15, -0.1) is 0 Å². The van der Waals surface area contributed by atoms with Crippen LogP contribution in [0.4, 0.5) is 0 Å². The second-order valence-electron chi connectivity index (χ2n) is 5.20. The van der Waals surface area contributed by atoms with Gasteiger partial charge in [0.15, 0.2) is 0 Å². The molecule has 0 aliphatic heterocycles. The van der Waals surface area contributed by atoms with Gasteiger partial charge in [-0.3, -0.25) is 4.68 Å². The van der Waals surface area contributed by atoms with Crippen molar-refractivity contribution in [2.75, 3.05) is 7.05 Å². The highest BCUT2D eigenvalue weighted by atomic mass is 15.2. The van der Waals surface area contributed by atoms with Gasteiger partial charge < -0.3 is 5.32 Å². The van der Waals surface area contributed by atoms with E-state index in [1.165, 1.54) is 56.9 Å². The highest BCUT2D eigenvalue weighted by Gasteiger charge is 2.10. The summed E-state index contributed by atoms with van der Waals surface area (Å²) in [6.45, 7) is 2.27. The number of hydrogen-bond donors (Lipinski definition) is 1. The maximum Gasteiger partial charge on any atom is 0.0537 e. The highest BCUT2D eigenvalue weighted by Crippen LogP contribution is 2.19. The number of aromatic nitrogens is 2. The van der Waals surface area contributed by atoms with E-state index in [1.807, 2.05) is 25.0 Å². The Hall–Kier alpha value is -0.830. The summed E-state index contributed by atoms with van der Waals surface area (Å²) in [4.78, 5) is 0. The summed E-state index contributed by atoms with van der Waals surface area (Å²) in [6, 6.07) is 0.467. The van der Waals surface area contributed by atoms with Gasteiger partial charge in [0.2, 0.25) is 0 Å². The molecule has 3 nitrogen and oxygen atoms in total. The zero-order chi connectivity index (χ0) is 13.2. The number of rotatable bonds is 10. The molecule has 0 aromatic carbocycles. The van der Waals surface area contributed by atoms with E-state index in [9.17, 15) is 0 Å². The zero-order valence-electron chi connectivity index (χ0n) is 12.3. The summed E-state index contributed by atoms with van der Waals surface area (Å²) in [7, 11) is 4.02. The molecule has 104 valence electrons. The molecule has 1 rings (SSSR count). The molecule has 1 unspecified atom stereocenters. The van der Waals surface area contributed by atoms with E-state index < -0.39 is 0 Å². The van der Waals surface area contributed by atoms with Crippen molar-refractivity contribution in [2.24, 2.45) is 7.05 Å². The third-order valence-electron chi connectivity index (χ3n) is 3.57. The summed E-state index contributed by atoms with van der Waals surface area (Å²) in [6.07, 6.45) is 14.9. The van der Waals surface area contributed by atoms with Gasteiger partial charge in [0.25, 0.3) is 0 Å². The van der Waals surface area contributed by atoms with Gasteiger partial charge in [-0.2, -0.15) is 5.10 Å². The maximum atomic E-state index is 4.24. The van der Waals surface area contributed by atoms with Crippen LogP contribution in [0.25, 0.3) is 0 Å². The van der Waals surface area contributed by atoms with Gasteiger partial charge in [-0.05, 0) is 13.5 Å². The molecule has 0 radical (unpaired) electrons. The van der Waals surface area contributed by atoms with E-state index in [4.69, 9.17) is 0 Å². The Morgan fingerprint density at radius 3 is 2.39 bits per heavy atom. The first-order chi connectivity index (χ1) is 8.77. The standard InChI is InChI=1S/C15H29N3/c1-4-5-6-7-8-9-10-11-15(16-2)14-12-17-18(3)13-14/h12-13,15-16H,4-11H2,1-3H3. The van der Waals surface area contributed by atoms with Crippen molar-refractivity contribution in [1.82, 2.24) is 15.1 Å². The lowest BCUT2D eigenvalue weighted by molar-refractivity contribution is 0.495. The predicted octanol–water partition coefficient (Wildman–Crippen LogP) is 3.82. The van der Waals surface area contributed by atoms with Crippen LogP contribution >= 0.6 is 0 Å². The maximum absolute atomic E-state index is 4.24. The molecule has 0 bridgehead atoms. The van der Waals surface area contributed by atoms with Crippen LogP contribution in [0, 0.1) is 0 Å². The van der Waals surface area contributed by atoms with Crippen LogP contribution in [0.15, 0.2) is 12.4 Å². The Labute approximate surface area is 112 Å². The second-order valence-corrected chi connectivity index (χ2v) is 5.20. The first-order valence-electron chi connectivity index (χ1n) is 7.43. The van der Waals surface area contributed by atoms with Crippen LogP contribution in [0.2, 0.25) is 0 Å². The lowest BCUT2D eigenvalue weighted by Crippen LogP contribution is -2.15. The molecule has 0 saturated carbocycles. The minimum absolute atomic E-state index is 0.467. The number of unbranched alkanes of at least 4 members (excludes halogenated alkanes) is 6. The molecule has 1 N–H and O–H groups in total. The van der Waals surface area contributed by atoms with Crippen LogP contribution in [0.3, 0.4) is 0 Å². The Bertz CT molecular complexity index is 306. The minimum atomic E-state index is 0.467. The Morgan fingerprint density at radius 1 is 1.17 bits per heavy atom. The number of nitrogens with one attached hydrogen (secondary N) is 1. The molecule has 1 heterocycles. The second kappa shape index (κ2) is 9.15. The molecule has 18 heavy (non-hydrogen) atoms. The van der Waals surface area contributed by atoms with Gasteiger partial charge >= 0.3 is 0 Å². The fraction of sp³-hybridized carbons (Fsp3) is 0.800. The molecular weight excluding hydrogens is 222 g/mol. The molecule has 0 aliphatic carbocycles. The molecule has 0 fully saturated rings. The quantitative estimate of drug-likeness (QED) is 0.641. The Morgan fingerprint density at radius 2 is 1.83 bits per heavy atom. The van der Waals surface area contributed by atoms with Crippen LogP contribution in [-0.2, 0) is 7.05 Å². The molecule has 0 aliphatic rings. The van der Waals surface area contributed by atoms with Gasteiger partial charge in [-0.1, -0.05) is 51.9 Å². The van der Waals surface area contributed by atoms with E-state index >= 15 is 0 Å². The molecule has 3 heteroatoms. The first kappa shape index (κ1) is 15.2. The van der Waals surface area contributed by atoms with Gasteiger partial charge in [0, 0.05) is 24.8 Å². The smallest absolute Gasteiger partial charge is 0.0537 e. The Kier molecular flexibility index (Phi) is 7.74. The molecular formula is C15H29N3. The van der Waals surface area contributed by atoms with Crippen molar-refractivity contribution in [1.29, 1.82) is 0 Å². The van der Waals surface area contributed by atoms with Crippen molar-refractivity contribution >= 4 is 0 Å². The summed E-state index contributed by atoms with van der Waals surface area (Å²) >= 11 is 0. The summed E-state index contributed by atoms with van der Waals surface area (Å²) in [5.74, 6) is 0. The normalized spacial score (nSPS) is 12.8. The fourth-order valence-electron chi connectivity index (χ4n) is 2.40. The molecule has 1 aromatic heterocycles.